The molecule has 1 saturated carbocycles. The molecule has 27 heavy (non-hydrogen) atoms. The number of nitrogens with zero attached hydrogens (tertiary/aromatic N) is 4. The second-order valence-corrected chi connectivity index (χ2v) is 8.06. The minimum Gasteiger partial charge on any atom is -0.481 e. The Hall–Kier alpha value is -2.05. The van der Waals surface area contributed by atoms with Gasteiger partial charge in [0.2, 0.25) is 23.6 Å². The van der Waals surface area contributed by atoms with Crippen LogP contribution in [-0.2, 0) is 4.79 Å². The van der Waals surface area contributed by atoms with Gasteiger partial charge in [-0.1, -0.05) is 12.8 Å². The van der Waals surface area contributed by atoms with Gasteiger partial charge in [-0.05, 0) is 37.5 Å². The third kappa shape index (κ3) is 3.82. The van der Waals surface area contributed by atoms with E-state index >= 15 is 0 Å². The fourth-order valence-electron chi connectivity index (χ4n) is 4.91. The molecule has 0 aromatic carbocycles. The van der Waals surface area contributed by atoms with E-state index in [2.05, 4.69) is 19.8 Å². The molecular weight excluding hydrogens is 344 g/mol. The van der Waals surface area contributed by atoms with E-state index in [1.807, 2.05) is 0 Å². The number of hydrogen-bond donors (Lipinski definition) is 0. The lowest BCUT2D eigenvalue weighted by Crippen LogP contribution is -2.42. The minimum absolute atomic E-state index is 0.133. The molecule has 148 valence electrons. The van der Waals surface area contributed by atoms with Crippen LogP contribution in [0.25, 0.3) is 0 Å². The highest BCUT2D eigenvalue weighted by atomic mass is 16.5. The molecule has 3 heterocycles. The predicted octanol–water partition coefficient (Wildman–Crippen LogP) is 2.36. The molecule has 1 aromatic heterocycles. The summed E-state index contributed by atoms with van der Waals surface area (Å²) in [5, 5.41) is 0. The van der Waals surface area contributed by atoms with Crippen molar-refractivity contribution < 1.29 is 14.3 Å². The summed E-state index contributed by atoms with van der Waals surface area (Å²) in [5.41, 5.74) is 0. The molecule has 0 N–H and O–H groups in total. The van der Waals surface area contributed by atoms with Crippen molar-refractivity contribution in [2.75, 3.05) is 45.3 Å². The van der Waals surface area contributed by atoms with Gasteiger partial charge in [0.1, 0.15) is 0 Å². The number of piperidine rings is 1. The maximum Gasteiger partial charge on any atom is 0.231 e. The normalized spacial score (nSPS) is 26.0. The van der Waals surface area contributed by atoms with Crippen LogP contribution in [0.1, 0.15) is 38.5 Å². The van der Waals surface area contributed by atoms with E-state index in [4.69, 9.17) is 9.47 Å². The van der Waals surface area contributed by atoms with E-state index in [1.54, 1.807) is 20.3 Å². The highest BCUT2D eigenvalue weighted by Crippen LogP contribution is 2.37. The molecule has 1 amide bonds. The highest BCUT2D eigenvalue weighted by Gasteiger charge is 2.39. The first-order valence-electron chi connectivity index (χ1n) is 10.2. The van der Waals surface area contributed by atoms with E-state index in [0.717, 1.165) is 50.9 Å². The second kappa shape index (κ2) is 7.90. The van der Waals surface area contributed by atoms with Gasteiger partial charge >= 0.3 is 0 Å². The molecule has 2 atom stereocenters. The number of rotatable bonds is 4. The number of amides is 1. The van der Waals surface area contributed by atoms with Crippen molar-refractivity contribution in [1.82, 2.24) is 14.9 Å². The minimum atomic E-state index is 0.133. The first kappa shape index (κ1) is 18.3. The van der Waals surface area contributed by atoms with Crippen molar-refractivity contribution >= 4 is 11.9 Å². The summed E-state index contributed by atoms with van der Waals surface area (Å²) in [7, 11) is 3.17. The molecule has 1 aliphatic carbocycles. The number of carbonyl (C=O) groups is 1. The Labute approximate surface area is 161 Å². The van der Waals surface area contributed by atoms with Crippen LogP contribution in [0.5, 0.6) is 11.8 Å². The zero-order valence-corrected chi connectivity index (χ0v) is 16.4. The van der Waals surface area contributed by atoms with Crippen molar-refractivity contribution in [3.63, 3.8) is 0 Å². The Morgan fingerprint density at radius 2 is 1.52 bits per heavy atom. The summed E-state index contributed by atoms with van der Waals surface area (Å²) in [4.78, 5) is 26.2. The molecule has 0 bridgehead atoms. The molecule has 0 radical (unpaired) electrons. The average Bonchev–Trinajstić information content (AvgIpc) is 3.17. The fraction of sp³-hybridized carbons (Fsp3) is 0.750. The van der Waals surface area contributed by atoms with Crippen LogP contribution in [0.2, 0.25) is 0 Å². The van der Waals surface area contributed by atoms with Crippen LogP contribution in [0.3, 0.4) is 0 Å². The summed E-state index contributed by atoms with van der Waals surface area (Å²) in [5.74, 6) is 3.61. The smallest absolute Gasteiger partial charge is 0.231 e. The standard InChI is InChI=1S/C20H30N4O3/c1-26-17-11-18(27-2)22-20(21-17)23-9-7-14(8-10-23)19(25)24-12-15-5-3-4-6-16(15)13-24/h11,14-16H,3-10,12-13H2,1-2H3. The third-order valence-electron chi connectivity index (χ3n) is 6.50. The molecule has 2 unspecified atom stereocenters. The first-order valence-corrected chi connectivity index (χ1v) is 10.2. The zero-order chi connectivity index (χ0) is 18.8. The number of anilines is 1. The molecule has 7 nitrogen and oxygen atoms in total. The van der Waals surface area contributed by atoms with Crippen LogP contribution in [0.15, 0.2) is 6.07 Å². The van der Waals surface area contributed by atoms with E-state index in [-0.39, 0.29) is 5.92 Å². The van der Waals surface area contributed by atoms with Gasteiger partial charge in [-0.2, -0.15) is 9.97 Å². The molecule has 0 spiro atoms. The third-order valence-corrected chi connectivity index (χ3v) is 6.50. The van der Waals surface area contributed by atoms with E-state index < -0.39 is 0 Å². The van der Waals surface area contributed by atoms with Crippen molar-refractivity contribution in [2.24, 2.45) is 17.8 Å². The van der Waals surface area contributed by atoms with E-state index in [0.29, 0.717) is 23.6 Å². The van der Waals surface area contributed by atoms with Gasteiger partial charge in [0.15, 0.2) is 0 Å². The highest BCUT2D eigenvalue weighted by molar-refractivity contribution is 5.79. The van der Waals surface area contributed by atoms with Gasteiger partial charge in [0, 0.05) is 32.1 Å². The van der Waals surface area contributed by atoms with Gasteiger partial charge in [0.05, 0.1) is 20.3 Å². The largest absolute Gasteiger partial charge is 0.481 e. The molecular formula is C20H30N4O3. The number of fused-ring (bicyclic) bond motifs is 1. The van der Waals surface area contributed by atoms with Crippen molar-refractivity contribution in [3.8, 4) is 11.8 Å². The molecule has 7 heteroatoms. The Morgan fingerprint density at radius 3 is 2.04 bits per heavy atom. The topological polar surface area (TPSA) is 67.8 Å². The molecule has 2 aliphatic heterocycles. The van der Waals surface area contributed by atoms with Crippen LogP contribution in [0, 0.1) is 17.8 Å². The molecule has 1 aromatic rings. The van der Waals surface area contributed by atoms with Gasteiger partial charge in [-0.15, -0.1) is 0 Å². The monoisotopic (exact) mass is 374 g/mol. The number of methoxy groups -OCH3 is 2. The Bertz CT molecular complexity index is 639. The summed E-state index contributed by atoms with van der Waals surface area (Å²) in [6.07, 6.45) is 7.00. The summed E-state index contributed by atoms with van der Waals surface area (Å²) in [6.45, 7) is 3.54. The molecule has 3 fully saturated rings. The van der Waals surface area contributed by atoms with Gasteiger partial charge < -0.3 is 19.3 Å². The Balaban J connectivity index is 1.35. The molecule has 3 aliphatic rings. The van der Waals surface area contributed by atoms with E-state index in [1.165, 1.54) is 25.7 Å². The van der Waals surface area contributed by atoms with Gasteiger partial charge in [-0.25, -0.2) is 0 Å². The van der Waals surface area contributed by atoms with Gasteiger partial charge in [0.25, 0.3) is 0 Å². The number of ether oxygens (including phenoxy) is 2. The average molecular weight is 374 g/mol. The van der Waals surface area contributed by atoms with Crippen LogP contribution < -0.4 is 14.4 Å². The van der Waals surface area contributed by atoms with E-state index in [9.17, 15) is 4.79 Å². The SMILES string of the molecule is COc1cc(OC)nc(N2CCC(C(=O)N3CC4CCCCC4C3)CC2)n1. The zero-order valence-electron chi connectivity index (χ0n) is 16.4. The lowest BCUT2D eigenvalue weighted by molar-refractivity contribution is -0.135. The number of hydrogen-bond acceptors (Lipinski definition) is 6. The summed E-state index contributed by atoms with van der Waals surface area (Å²) < 4.78 is 10.5. The van der Waals surface area contributed by atoms with Crippen molar-refractivity contribution in [3.05, 3.63) is 6.07 Å². The quantitative estimate of drug-likeness (QED) is 0.806. The molecule has 2 saturated heterocycles. The lowest BCUT2D eigenvalue weighted by Gasteiger charge is -2.33. The number of aromatic nitrogens is 2. The Morgan fingerprint density at radius 1 is 0.963 bits per heavy atom. The van der Waals surface area contributed by atoms with Gasteiger partial charge in [-0.3, -0.25) is 4.79 Å². The predicted molar refractivity (Wildman–Crippen MR) is 102 cm³/mol. The molecule has 4 rings (SSSR count). The number of likely N-dealkylation sites (tertiary alicyclic amines) is 1. The summed E-state index contributed by atoms with van der Waals surface area (Å²) >= 11 is 0. The van der Waals surface area contributed by atoms with Crippen molar-refractivity contribution in [2.45, 2.75) is 38.5 Å². The first-order chi connectivity index (χ1) is 13.2. The number of carbonyl (C=O) groups excluding carboxylic acids is 1. The lowest BCUT2D eigenvalue weighted by atomic mass is 9.82. The fourth-order valence-corrected chi connectivity index (χ4v) is 4.91. The van der Waals surface area contributed by atoms with Crippen LogP contribution >= 0.6 is 0 Å². The second-order valence-electron chi connectivity index (χ2n) is 8.06. The Kier molecular flexibility index (Phi) is 5.36. The van der Waals surface area contributed by atoms with Crippen LogP contribution in [-0.4, -0.2) is 61.2 Å². The summed E-state index contributed by atoms with van der Waals surface area (Å²) in [6, 6.07) is 1.67. The maximum absolute atomic E-state index is 13.0. The van der Waals surface area contributed by atoms with Crippen molar-refractivity contribution in [1.29, 1.82) is 0 Å². The maximum atomic E-state index is 13.0. The van der Waals surface area contributed by atoms with Crippen LogP contribution in [0.4, 0.5) is 5.95 Å².